The van der Waals surface area contributed by atoms with Gasteiger partial charge in [-0.25, -0.2) is 4.72 Å². The summed E-state index contributed by atoms with van der Waals surface area (Å²) in [4.78, 5) is 0. The van der Waals surface area contributed by atoms with Crippen LogP contribution in [0.5, 0.6) is 0 Å². The number of hydrogen-bond donors (Lipinski definition) is 2. The van der Waals surface area contributed by atoms with E-state index in [1.165, 1.54) is 0 Å². The van der Waals surface area contributed by atoms with E-state index in [0.29, 0.717) is 0 Å². The lowest BCUT2D eigenvalue weighted by atomic mass is 10.0. The molecule has 0 saturated carbocycles. The maximum atomic E-state index is 10.4. The van der Waals surface area contributed by atoms with Gasteiger partial charge in [0.15, 0.2) is 0 Å². The molecule has 3 atom stereocenters. The maximum Gasteiger partial charge on any atom is 0.0761 e. The smallest absolute Gasteiger partial charge is 0.0761 e. The molecule has 1 aromatic carbocycles. The summed E-state index contributed by atoms with van der Waals surface area (Å²) in [6.45, 7) is 3.44. The fraction of sp³-hybridized carbons (Fsp3) is 0.400. The van der Waals surface area contributed by atoms with Crippen LogP contribution < -0.4 is 4.72 Å². The van der Waals surface area contributed by atoms with E-state index in [9.17, 15) is 13.9 Å². The molecule has 0 saturated heterocycles. The van der Waals surface area contributed by atoms with Crippen molar-refractivity contribution in [2.45, 2.75) is 26.0 Å². The van der Waals surface area contributed by atoms with Gasteiger partial charge in [-0.3, -0.25) is 4.21 Å². The topological polar surface area (TPSA) is 72.4 Å². The average molecular weight is 228 g/mol. The second kappa shape index (κ2) is 5.37. The van der Waals surface area contributed by atoms with Gasteiger partial charge in [0.1, 0.15) is 0 Å². The van der Waals surface area contributed by atoms with Gasteiger partial charge in [0.05, 0.1) is 6.10 Å². The van der Waals surface area contributed by atoms with Crippen LogP contribution in [0, 0.1) is 0 Å². The summed E-state index contributed by atoms with van der Waals surface area (Å²) >= 11 is -2.26. The fourth-order valence-electron chi connectivity index (χ4n) is 1.28. The van der Waals surface area contributed by atoms with E-state index in [0.717, 1.165) is 11.1 Å². The van der Waals surface area contributed by atoms with Gasteiger partial charge >= 0.3 is 0 Å². The summed E-state index contributed by atoms with van der Waals surface area (Å²) in [7, 11) is 0. The molecule has 0 bridgehead atoms. The Morgan fingerprint density at radius 1 is 1.27 bits per heavy atom. The SMILES string of the molecule is CC(O)c1ccc(C(C)NS(=O)[O-])cc1. The second-order valence-corrected chi connectivity index (χ2v) is 4.12. The first-order valence-corrected chi connectivity index (χ1v) is 5.71. The number of aliphatic hydroxyl groups is 1. The normalized spacial score (nSPS) is 17.1. The molecule has 0 fully saturated rings. The van der Waals surface area contributed by atoms with E-state index in [1.54, 1.807) is 38.1 Å². The molecule has 3 unspecified atom stereocenters. The summed E-state index contributed by atoms with van der Waals surface area (Å²) in [6, 6.07) is 6.91. The van der Waals surface area contributed by atoms with Crippen LogP contribution in [0.2, 0.25) is 0 Å². The molecule has 0 aliphatic heterocycles. The molecule has 0 heterocycles. The Kier molecular flexibility index (Phi) is 4.41. The fourth-order valence-corrected chi connectivity index (χ4v) is 1.70. The van der Waals surface area contributed by atoms with Crippen LogP contribution >= 0.6 is 0 Å². The van der Waals surface area contributed by atoms with Crippen LogP contribution in [0.4, 0.5) is 0 Å². The monoisotopic (exact) mass is 228 g/mol. The van der Waals surface area contributed by atoms with Crippen molar-refractivity contribution in [1.29, 1.82) is 0 Å². The first-order chi connectivity index (χ1) is 7.00. The molecule has 0 radical (unpaired) electrons. The summed E-state index contributed by atoms with van der Waals surface area (Å²) < 4.78 is 23.2. The Bertz CT molecular complexity index is 337. The van der Waals surface area contributed by atoms with E-state index in [-0.39, 0.29) is 6.04 Å². The van der Waals surface area contributed by atoms with Crippen LogP contribution in [-0.2, 0) is 11.3 Å². The van der Waals surface area contributed by atoms with Crippen molar-refractivity contribution in [2.75, 3.05) is 0 Å². The van der Waals surface area contributed by atoms with Gasteiger partial charge in [-0.1, -0.05) is 24.3 Å². The van der Waals surface area contributed by atoms with Crippen LogP contribution in [0.1, 0.15) is 37.1 Å². The Morgan fingerprint density at radius 3 is 2.13 bits per heavy atom. The van der Waals surface area contributed by atoms with Gasteiger partial charge < -0.3 is 9.66 Å². The summed E-state index contributed by atoms with van der Waals surface area (Å²) in [5.74, 6) is 0. The highest BCUT2D eigenvalue weighted by Gasteiger charge is 2.05. The first kappa shape index (κ1) is 12.3. The van der Waals surface area contributed by atoms with Gasteiger partial charge in [0.2, 0.25) is 0 Å². The zero-order valence-electron chi connectivity index (χ0n) is 8.64. The second-order valence-electron chi connectivity index (χ2n) is 3.42. The number of benzene rings is 1. The highest BCUT2D eigenvalue weighted by Crippen LogP contribution is 2.17. The molecule has 1 aromatic rings. The lowest BCUT2D eigenvalue weighted by molar-refractivity contribution is 0.199. The molecule has 0 aromatic heterocycles. The van der Waals surface area contributed by atoms with Crippen molar-refractivity contribution < 1.29 is 13.9 Å². The van der Waals surface area contributed by atoms with Gasteiger partial charge in [0.25, 0.3) is 0 Å². The molecule has 0 aliphatic rings. The standard InChI is InChI=1S/C10H15NO3S/c1-7(11-15(13)14)9-3-5-10(6-4-9)8(2)12/h3-8,11-12H,1-2H3,(H,13,14)/p-1. The third kappa shape index (κ3) is 3.71. The Hall–Kier alpha value is -0.750. The third-order valence-electron chi connectivity index (χ3n) is 2.19. The Balaban J connectivity index is 2.75. The Morgan fingerprint density at radius 2 is 1.73 bits per heavy atom. The van der Waals surface area contributed by atoms with Crippen LogP contribution in [0.25, 0.3) is 0 Å². The van der Waals surface area contributed by atoms with Crippen molar-refractivity contribution in [1.82, 2.24) is 4.72 Å². The van der Waals surface area contributed by atoms with Crippen molar-refractivity contribution >= 4 is 11.3 Å². The minimum Gasteiger partial charge on any atom is -0.760 e. The molecule has 15 heavy (non-hydrogen) atoms. The zero-order valence-corrected chi connectivity index (χ0v) is 9.45. The highest BCUT2D eigenvalue weighted by atomic mass is 32.2. The summed E-state index contributed by atoms with van der Waals surface area (Å²) in [5.41, 5.74) is 1.68. The maximum absolute atomic E-state index is 10.4. The molecule has 84 valence electrons. The van der Waals surface area contributed by atoms with E-state index in [4.69, 9.17) is 0 Å². The molecular weight excluding hydrogens is 214 g/mol. The quantitative estimate of drug-likeness (QED) is 0.760. The molecule has 5 heteroatoms. The highest BCUT2D eigenvalue weighted by molar-refractivity contribution is 7.77. The van der Waals surface area contributed by atoms with Gasteiger partial charge in [0, 0.05) is 17.3 Å². The zero-order chi connectivity index (χ0) is 11.4. The van der Waals surface area contributed by atoms with E-state index < -0.39 is 17.4 Å². The summed E-state index contributed by atoms with van der Waals surface area (Å²) in [6.07, 6.45) is -0.504. The van der Waals surface area contributed by atoms with Crippen LogP contribution in [0.15, 0.2) is 24.3 Å². The van der Waals surface area contributed by atoms with E-state index in [2.05, 4.69) is 4.72 Å². The van der Waals surface area contributed by atoms with E-state index >= 15 is 0 Å². The van der Waals surface area contributed by atoms with Crippen LogP contribution in [-0.4, -0.2) is 13.9 Å². The lowest BCUT2D eigenvalue weighted by Crippen LogP contribution is -2.20. The minimum absolute atomic E-state index is 0.258. The predicted octanol–water partition coefficient (Wildman–Crippen LogP) is 1.18. The molecule has 0 amide bonds. The molecule has 2 N–H and O–H groups in total. The van der Waals surface area contributed by atoms with Gasteiger partial charge in [-0.15, -0.1) is 0 Å². The number of hydrogen-bond acceptors (Lipinski definition) is 3. The van der Waals surface area contributed by atoms with Crippen molar-refractivity contribution in [2.24, 2.45) is 0 Å². The number of rotatable bonds is 4. The Labute approximate surface area is 91.7 Å². The molecule has 4 nitrogen and oxygen atoms in total. The average Bonchev–Trinajstić information content (AvgIpc) is 2.17. The first-order valence-electron chi connectivity index (χ1n) is 4.64. The van der Waals surface area contributed by atoms with E-state index in [1.807, 2.05) is 0 Å². The minimum atomic E-state index is -2.26. The largest absolute Gasteiger partial charge is 0.760 e. The van der Waals surface area contributed by atoms with Crippen LogP contribution in [0.3, 0.4) is 0 Å². The molecule has 0 aliphatic carbocycles. The van der Waals surface area contributed by atoms with Crippen molar-refractivity contribution in [3.63, 3.8) is 0 Å². The van der Waals surface area contributed by atoms with Gasteiger partial charge in [-0.05, 0) is 25.0 Å². The molecule has 1 rings (SSSR count). The van der Waals surface area contributed by atoms with Crippen molar-refractivity contribution in [3.05, 3.63) is 35.4 Å². The lowest BCUT2D eigenvalue weighted by Gasteiger charge is -2.16. The number of aliphatic hydroxyl groups excluding tert-OH is 1. The predicted molar refractivity (Wildman–Crippen MR) is 57.5 cm³/mol. The van der Waals surface area contributed by atoms with Crippen molar-refractivity contribution in [3.8, 4) is 0 Å². The molecule has 0 spiro atoms. The summed E-state index contributed by atoms with van der Waals surface area (Å²) in [5, 5.41) is 9.28. The molecular formula is C10H14NO3S-. The third-order valence-corrected chi connectivity index (χ3v) is 2.74. The number of nitrogens with one attached hydrogen (secondary N) is 1. The van der Waals surface area contributed by atoms with Gasteiger partial charge in [-0.2, -0.15) is 0 Å².